The molecule has 0 saturated carbocycles. The van der Waals surface area contributed by atoms with Crippen molar-refractivity contribution in [2.75, 3.05) is 14.2 Å². The Bertz CT molecular complexity index is 727. The van der Waals surface area contributed by atoms with Crippen molar-refractivity contribution in [2.24, 2.45) is 0 Å². The van der Waals surface area contributed by atoms with Gasteiger partial charge in [0, 0.05) is 0 Å². The molecule has 4 heteroatoms. The predicted molar refractivity (Wildman–Crippen MR) is 83.3 cm³/mol. The number of aliphatic hydroxyl groups is 1. The first-order chi connectivity index (χ1) is 10.7. The largest absolute Gasteiger partial charge is 0.510 e. The number of hydrogen-bond donors (Lipinski definition) is 1. The number of ketones is 1. The molecule has 2 aromatic rings. The van der Waals surface area contributed by atoms with E-state index in [0.29, 0.717) is 16.9 Å². The zero-order valence-corrected chi connectivity index (χ0v) is 12.4. The van der Waals surface area contributed by atoms with Gasteiger partial charge in [-0.05, 0) is 35.4 Å². The molecule has 112 valence electrons. The lowest BCUT2D eigenvalue weighted by molar-refractivity contribution is -0.116. The fraction of sp³-hybridized carbons (Fsp3) is 0.167. The number of hydrogen-bond acceptors (Lipinski definition) is 4. The molecule has 4 nitrogen and oxygen atoms in total. The molecule has 1 aliphatic rings. The highest BCUT2D eigenvalue weighted by Gasteiger charge is 2.41. The van der Waals surface area contributed by atoms with Gasteiger partial charge in [-0.3, -0.25) is 4.79 Å². The topological polar surface area (TPSA) is 55.8 Å². The van der Waals surface area contributed by atoms with Crippen LogP contribution in [-0.4, -0.2) is 25.1 Å². The van der Waals surface area contributed by atoms with E-state index in [9.17, 15) is 9.90 Å². The maximum absolute atomic E-state index is 12.4. The molecular formula is C18H16O4. The standard InChI is InChI=1S/C18H16O4/c1-21-13-7-3-11(4-8-13)15-17(19)16(18(15)20)12-5-9-14(22-2)10-6-12/h3-10,15,19H,1-2H3/t15-/m0/s1. The quantitative estimate of drug-likeness (QED) is 0.940. The first-order valence-electron chi connectivity index (χ1n) is 6.91. The van der Waals surface area contributed by atoms with Gasteiger partial charge in [0.2, 0.25) is 0 Å². The van der Waals surface area contributed by atoms with E-state index in [2.05, 4.69) is 0 Å². The van der Waals surface area contributed by atoms with Crippen LogP contribution in [0, 0.1) is 0 Å². The molecule has 0 saturated heterocycles. The number of ether oxygens (including phenoxy) is 2. The molecule has 2 aromatic carbocycles. The van der Waals surface area contributed by atoms with Crippen molar-refractivity contribution in [3.8, 4) is 11.5 Å². The van der Waals surface area contributed by atoms with E-state index in [-0.39, 0.29) is 11.5 Å². The van der Waals surface area contributed by atoms with Crippen LogP contribution in [0.5, 0.6) is 11.5 Å². The molecule has 1 N–H and O–H groups in total. The highest BCUT2D eigenvalue weighted by molar-refractivity contribution is 6.31. The Balaban J connectivity index is 1.90. The predicted octanol–water partition coefficient (Wildman–Crippen LogP) is 3.34. The van der Waals surface area contributed by atoms with Gasteiger partial charge >= 0.3 is 0 Å². The minimum absolute atomic E-state index is 0.0761. The lowest BCUT2D eigenvalue weighted by atomic mass is 9.75. The van der Waals surface area contributed by atoms with Crippen molar-refractivity contribution >= 4 is 11.4 Å². The molecule has 0 aromatic heterocycles. The Morgan fingerprint density at radius 3 is 1.82 bits per heavy atom. The third-order valence-electron chi connectivity index (χ3n) is 3.87. The monoisotopic (exact) mass is 296 g/mol. The molecule has 3 rings (SSSR count). The number of Topliss-reactive ketones (excluding diaryl/α,β-unsaturated/α-hetero) is 1. The van der Waals surface area contributed by atoms with E-state index >= 15 is 0 Å². The first-order valence-corrected chi connectivity index (χ1v) is 6.91. The van der Waals surface area contributed by atoms with E-state index in [0.717, 1.165) is 11.3 Å². The number of methoxy groups -OCH3 is 2. The number of rotatable bonds is 4. The van der Waals surface area contributed by atoms with E-state index in [1.165, 1.54) is 0 Å². The van der Waals surface area contributed by atoms with Gasteiger partial charge in [-0.2, -0.15) is 0 Å². The number of carbonyl (C=O) groups is 1. The van der Waals surface area contributed by atoms with Gasteiger partial charge in [0.25, 0.3) is 0 Å². The van der Waals surface area contributed by atoms with Gasteiger partial charge in [0.15, 0.2) is 5.78 Å². The SMILES string of the molecule is COc1ccc(C2=C(O)[C@H](c3ccc(OC)cc3)C2=O)cc1. The van der Waals surface area contributed by atoms with Gasteiger partial charge in [0.05, 0.1) is 19.8 Å². The minimum Gasteiger partial charge on any atom is -0.510 e. The Morgan fingerprint density at radius 2 is 1.36 bits per heavy atom. The molecule has 22 heavy (non-hydrogen) atoms. The van der Waals surface area contributed by atoms with Crippen LogP contribution in [0.2, 0.25) is 0 Å². The number of aliphatic hydroxyl groups excluding tert-OH is 1. The normalized spacial score (nSPS) is 17.2. The van der Waals surface area contributed by atoms with Gasteiger partial charge in [0.1, 0.15) is 23.2 Å². The summed E-state index contributed by atoms with van der Waals surface area (Å²) in [6.45, 7) is 0. The van der Waals surface area contributed by atoms with Crippen molar-refractivity contribution in [3.63, 3.8) is 0 Å². The Labute approximate surface area is 128 Å². The summed E-state index contributed by atoms with van der Waals surface area (Å²) in [5.74, 6) is 0.882. The second-order valence-corrected chi connectivity index (χ2v) is 5.06. The lowest BCUT2D eigenvalue weighted by Gasteiger charge is -2.28. The van der Waals surface area contributed by atoms with E-state index in [1.54, 1.807) is 62.8 Å². The summed E-state index contributed by atoms with van der Waals surface area (Å²) in [6.07, 6.45) is 0. The van der Waals surface area contributed by atoms with Gasteiger partial charge in [-0.1, -0.05) is 24.3 Å². The lowest BCUT2D eigenvalue weighted by Crippen LogP contribution is -2.28. The van der Waals surface area contributed by atoms with Crippen LogP contribution in [0.4, 0.5) is 0 Å². The van der Waals surface area contributed by atoms with Crippen LogP contribution in [0.25, 0.3) is 5.57 Å². The van der Waals surface area contributed by atoms with Crippen LogP contribution in [0.15, 0.2) is 54.3 Å². The summed E-state index contributed by atoms with van der Waals surface area (Å²) >= 11 is 0. The van der Waals surface area contributed by atoms with E-state index in [1.807, 2.05) is 0 Å². The average Bonchev–Trinajstić information content (AvgIpc) is 2.56. The molecule has 0 heterocycles. The molecule has 0 amide bonds. The van der Waals surface area contributed by atoms with E-state index in [4.69, 9.17) is 9.47 Å². The summed E-state index contributed by atoms with van der Waals surface area (Å²) in [7, 11) is 3.17. The summed E-state index contributed by atoms with van der Waals surface area (Å²) < 4.78 is 10.2. The van der Waals surface area contributed by atoms with Crippen LogP contribution in [-0.2, 0) is 4.79 Å². The zero-order valence-electron chi connectivity index (χ0n) is 12.4. The Hall–Kier alpha value is -2.75. The molecule has 0 bridgehead atoms. The number of allylic oxidation sites excluding steroid dienone is 2. The molecule has 1 atom stereocenters. The summed E-state index contributed by atoms with van der Waals surface area (Å²) in [5.41, 5.74) is 1.84. The number of benzene rings is 2. The Kier molecular flexibility index (Phi) is 3.59. The number of carbonyl (C=O) groups excluding carboxylic acids is 1. The second-order valence-electron chi connectivity index (χ2n) is 5.06. The minimum atomic E-state index is -0.581. The molecule has 0 radical (unpaired) electrons. The van der Waals surface area contributed by atoms with Crippen molar-refractivity contribution < 1.29 is 19.4 Å². The van der Waals surface area contributed by atoms with Gasteiger partial charge in [-0.25, -0.2) is 0 Å². The van der Waals surface area contributed by atoms with E-state index < -0.39 is 5.92 Å². The average molecular weight is 296 g/mol. The molecule has 1 aliphatic carbocycles. The molecule has 0 fully saturated rings. The third-order valence-corrected chi connectivity index (χ3v) is 3.87. The summed E-state index contributed by atoms with van der Waals surface area (Å²) in [6, 6.07) is 14.2. The van der Waals surface area contributed by atoms with Crippen molar-refractivity contribution in [1.29, 1.82) is 0 Å². The van der Waals surface area contributed by atoms with Crippen LogP contribution >= 0.6 is 0 Å². The summed E-state index contributed by atoms with van der Waals surface area (Å²) in [4.78, 5) is 12.4. The summed E-state index contributed by atoms with van der Waals surface area (Å²) in [5, 5.41) is 10.3. The highest BCUT2D eigenvalue weighted by atomic mass is 16.5. The van der Waals surface area contributed by atoms with Crippen LogP contribution < -0.4 is 9.47 Å². The molecule has 0 aliphatic heterocycles. The maximum Gasteiger partial charge on any atom is 0.181 e. The molecular weight excluding hydrogens is 280 g/mol. The third kappa shape index (κ3) is 2.22. The van der Waals surface area contributed by atoms with Crippen molar-refractivity contribution in [1.82, 2.24) is 0 Å². The molecule has 0 spiro atoms. The molecule has 0 unspecified atom stereocenters. The van der Waals surface area contributed by atoms with Crippen LogP contribution in [0.3, 0.4) is 0 Å². The van der Waals surface area contributed by atoms with Crippen molar-refractivity contribution in [2.45, 2.75) is 5.92 Å². The van der Waals surface area contributed by atoms with Gasteiger partial charge in [-0.15, -0.1) is 0 Å². The highest BCUT2D eigenvalue weighted by Crippen LogP contribution is 2.43. The second kappa shape index (κ2) is 5.56. The van der Waals surface area contributed by atoms with Crippen molar-refractivity contribution in [3.05, 3.63) is 65.4 Å². The smallest absolute Gasteiger partial charge is 0.181 e. The fourth-order valence-electron chi connectivity index (χ4n) is 2.61. The fourth-order valence-corrected chi connectivity index (χ4v) is 2.61. The first kappa shape index (κ1) is 14.2. The zero-order chi connectivity index (χ0) is 15.7. The maximum atomic E-state index is 12.4. The van der Waals surface area contributed by atoms with Crippen LogP contribution in [0.1, 0.15) is 17.0 Å². The van der Waals surface area contributed by atoms with Gasteiger partial charge < -0.3 is 14.6 Å². The Morgan fingerprint density at radius 1 is 0.864 bits per heavy atom.